The number of aromatic nitrogens is 2. The Bertz CT molecular complexity index is 1290. The number of carbonyl (C=O) groups excluding carboxylic acids is 1. The molecule has 1 heterocycles. The summed E-state index contributed by atoms with van der Waals surface area (Å²) in [7, 11) is 0. The van der Waals surface area contributed by atoms with Gasteiger partial charge in [0, 0.05) is 15.6 Å². The number of benzene rings is 3. The summed E-state index contributed by atoms with van der Waals surface area (Å²) in [5.74, 6) is 0.699. The zero-order chi connectivity index (χ0) is 23.0. The van der Waals surface area contributed by atoms with Gasteiger partial charge in [0.2, 0.25) is 5.91 Å². The van der Waals surface area contributed by atoms with Gasteiger partial charge in [0.15, 0.2) is 0 Å². The lowest BCUT2D eigenvalue weighted by Gasteiger charge is -2.27. The minimum absolute atomic E-state index is 0.0606. The molecule has 32 heavy (non-hydrogen) atoms. The molecule has 1 unspecified atom stereocenters. The minimum atomic E-state index is -0.565. The van der Waals surface area contributed by atoms with Crippen LogP contribution in [-0.4, -0.2) is 21.0 Å². The Labute approximate surface area is 197 Å². The van der Waals surface area contributed by atoms with Crippen LogP contribution in [0.25, 0.3) is 22.4 Å². The minimum Gasteiger partial charge on any atom is -0.349 e. The predicted molar refractivity (Wildman–Crippen MR) is 135 cm³/mol. The number of imidazole rings is 1. The van der Waals surface area contributed by atoms with Crippen molar-refractivity contribution in [2.45, 2.75) is 46.2 Å². The third kappa shape index (κ3) is 4.35. The van der Waals surface area contributed by atoms with E-state index in [4.69, 9.17) is 4.98 Å². The molecule has 4 rings (SSSR count). The van der Waals surface area contributed by atoms with E-state index < -0.39 is 6.04 Å². The van der Waals surface area contributed by atoms with Crippen LogP contribution in [-0.2, 0) is 4.79 Å². The fourth-order valence-corrected chi connectivity index (χ4v) is 4.40. The van der Waals surface area contributed by atoms with E-state index in [2.05, 4.69) is 51.8 Å². The third-order valence-electron chi connectivity index (χ3n) is 5.54. The second-order valence-electron chi connectivity index (χ2n) is 9.26. The van der Waals surface area contributed by atoms with Crippen molar-refractivity contribution in [2.75, 3.05) is 0 Å². The van der Waals surface area contributed by atoms with Crippen molar-refractivity contribution in [2.24, 2.45) is 0 Å². The smallest absolute Gasteiger partial charge is 0.248 e. The highest BCUT2D eigenvalue weighted by Crippen LogP contribution is 2.36. The molecular weight excluding hydrogens is 462 g/mol. The number of nitrogens with zero attached hydrogens (tertiary/aromatic N) is 2. The maximum atomic E-state index is 13.8. The molecule has 1 aromatic heterocycles. The Morgan fingerprint density at radius 3 is 2.25 bits per heavy atom. The number of fused-ring (bicyclic) bond motifs is 1. The molecule has 5 heteroatoms. The third-order valence-corrected chi connectivity index (χ3v) is 6.23. The molecule has 0 spiro atoms. The van der Waals surface area contributed by atoms with Crippen molar-refractivity contribution >= 4 is 32.9 Å². The number of halogens is 1. The Balaban J connectivity index is 2.06. The van der Waals surface area contributed by atoms with Crippen LogP contribution in [0, 0.1) is 13.8 Å². The molecular formula is C27H28BrN3O. The number of amides is 1. The average molecular weight is 490 g/mol. The van der Waals surface area contributed by atoms with Gasteiger partial charge in [0.05, 0.1) is 11.0 Å². The topological polar surface area (TPSA) is 46.9 Å². The van der Waals surface area contributed by atoms with Gasteiger partial charge >= 0.3 is 0 Å². The number of carbonyl (C=O) groups is 1. The first-order valence-corrected chi connectivity index (χ1v) is 11.6. The SMILES string of the molecule is Cc1cc2nc(-c3ccccc3Br)n(C(C(=O)NC(C)(C)C)c3ccccc3)c2cc1C. The first-order valence-electron chi connectivity index (χ1n) is 10.8. The molecule has 1 amide bonds. The summed E-state index contributed by atoms with van der Waals surface area (Å²) in [5, 5.41) is 3.19. The van der Waals surface area contributed by atoms with Gasteiger partial charge in [-0.3, -0.25) is 4.79 Å². The van der Waals surface area contributed by atoms with Gasteiger partial charge in [-0.1, -0.05) is 64.5 Å². The molecule has 0 aliphatic rings. The summed E-state index contributed by atoms with van der Waals surface area (Å²) in [4.78, 5) is 18.8. The van der Waals surface area contributed by atoms with Crippen molar-refractivity contribution in [3.05, 3.63) is 87.9 Å². The molecule has 0 radical (unpaired) electrons. The van der Waals surface area contributed by atoms with Gasteiger partial charge in [-0.2, -0.15) is 0 Å². The Kier molecular flexibility index (Phi) is 5.95. The molecule has 0 aliphatic heterocycles. The Hall–Kier alpha value is -2.92. The van der Waals surface area contributed by atoms with E-state index in [1.807, 2.05) is 75.4 Å². The van der Waals surface area contributed by atoms with Crippen molar-refractivity contribution in [1.82, 2.24) is 14.9 Å². The molecule has 0 fully saturated rings. The Morgan fingerprint density at radius 2 is 1.59 bits per heavy atom. The zero-order valence-corrected chi connectivity index (χ0v) is 20.7. The number of hydrogen-bond acceptors (Lipinski definition) is 2. The fourth-order valence-electron chi connectivity index (χ4n) is 3.94. The summed E-state index contributed by atoms with van der Waals surface area (Å²) < 4.78 is 3.02. The van der Waals surface area contributed by atoms with Gasteiger partial charge in [-0.25, -0.2) is 4.98 Å². The number of aryl methyl sites for hydroxylation is 2. The average Bonchev–Trinajstić information content (AvgIpc) is 3.06. The van der Waals surface area contributed by atoms with Crippen LogP contribution in [0.1, 0.15) is 43.5 Å². The van der Waals surface area contributed by atoms with Gasteiger partial charge < -0.3 is 9.88 Å². The second-order valence-corrected chi connectivity index (χ2v) is 10.1. The van der Waals surface area contributed by atoms with E-state index in [9.17, 15) is 4.79 Å². The highest BCUT2D eigenvalue weighted by molar-refractivity contribution is 9.10. The summed E-state index contributed by atoms with van der Waals surface area (Å²) >= 11 is 3.69. The largest absolute Gasteiger partial charge is 0.349 e. The van der Waals surface area contributed by atoms with Gasteiger partial charge in [0.25, 0.3) is 0 Å². The van der Waals surface area contributed by atoms with Crippen LogP contribution in [0.5, 0.6) is 0 Å². The van der Waals surface area contributed by atoms with Gasteiger partial charge in [-0.15, -0.1) is 0 Å². The van der Waals surface area contributed by atoms with Crippen LogP contribution in [0.4, 0.5) is 0 Å². The second kappa shape index (κ2) is 8.55. The first kappa shape index (κ1) is 22.3. The van der Waals surface area contributed by atoms with Crippen LogP contribution in [0.3, 0.4) is 0 Å². The molecule has 0 saturated heterocycles. The standard InChI is InChI=1S/C27H28BrN3O/c1-17-15-22-23(16-18(17)2)31(25(29-22)20-13-9-10-14-21(20)28)24(19-11-7-6-8-12-19)26(32)30-27(3,4)5/h6-16,24H,1-5H3,(H,30,32). The quantitative estimate of drug-likeness (QED) is 0.351. The number of rotatable bonds is 4. The van der Waals surface area contributed by atoms with E-state index in [-0.39, 0.29) is 11.4 Å². The van der Waals surface area contributed by atoms with Gasteiger partial charge in [-0.05, 0) is 69.5 Å². The van der Waals surface area contributed by atoms with Crippen LogP contribution in [0.15, 0.2) is 71.2 Å². The number of hydrogen-bond donors (Lipinski definition) is 1. The number of nitrogens with one attached hydrogen (secondary N) is 1. The molecule has 4 nitrogen and oxygen atoms in total. The molecule has 3 aromatic carbocycles. The van der Waals surface area contributed by atoms with Crippen LogP contribution < -0.4 is 5.32 Å². The van der Waals surface area contributed by atoms with E-state index in [1.165, 1.54) is 11.1 Å². The summed E-state index contributed by atoms with van der Waals surface area (Å²) in [6.07, 6.45) is 0. The maximum absolute atomic E-state index is 13.8. The first-order chi connectivity index (χ1) is 15.2. The summed E-state index contributed by atoms with van der Waals surface area (Å²) in [6.45, 7) is 10.2. The summed E-state index contributed by atoms with van der Waals surface area (Å²) in [5.41, 5.74) is 5.67. The predicted octanol–water partition coefficient (Wildman–Crippen LogP) is 6.59. The van der Waals surface area contributed by atoms with Crippen LogP contribution >= 0.6 is 15.9 Å². The molecule has 0 saturated carbocycles. The van der Waals surface area contributed by atoms with E-state index in [0.29, 0.717) is 0 Å². The normalized spacial score (nSPS) is 12.7. The lowest BCUT2D eigenvalue weighted by atomic mass is 10.0. The molecule has 0 aliphatic carbocycles. The highest BCUT2D eigenvalue weighted by Gasteiger charge is 2.30. The van der Waals surface area contributed by atoms with Crippen molar-refractivity contribution in [3.8, 4) is 11.4 Å². The molecule has 0 bridgehead atoms. The maximum Gasteiger partial charge on any atom is 0.248 e. The molecule has 4 aromatic rings. The van der Waals surface area contributed by atoms with Gasteiger partial charge in [0.1, 0.15) is 11.9 Å². The summed E-state index contributed by atoms with van der Waals surface area (Å²) in [6, 6.07) is 21.6. The lowest BCUT2D eigenvalue weighted by molar-refractivity contribution is -0.124. The molecule has 1 N–H and O–H groups in total. The zero-order valence-electron chi connectivity index (χ0n) is 19.1. The molecule has 164 valence electrons. The highest BCUT2D eigenvalue weighted by atomic mass is 79.9. The van der Waals surface area contributed by atoms with Crippen molar-refractivity contribution in [1.29, 1.82) is 0 Å². The van der Waals surface area contributed by atoms with Crippen molar-refractivity contribution in [3.63, 3.8) is 0 Å². The van der Waals surface area contributed by atoms with E-state index in [1.54, 1.807) is 0 Å². The lowest BCUT2D eigenvalue weighted by Crippen LogP contribution is -2.44. The van der Waals surface area contributed by atoms with Crippen molar-refractivity contribution < 1.29 is 4.79 Å². The Morgan fingerprint density at radius 1 is 0.969 bits per heavy atom. The fraction of sp³-hybridized carbons (Fsp3) is 0.259. The van der Waals surface area contributed by atoms with E-state index in [0.717, 1.165) is 32.5 Å². The molecule has 1 atom stereocenters. The van der Waals surface area contributed by atoms with Crippen LogP contribution in [0.2, 0.25) is 0 Å². The van der Waals surface area contributed by atoms with E-state index >= 15 is 0 Å². The monoisotopic (exact) mass is 489 g/mol.